The highest BCUT2D eigenvalue weighted by atomic mass is 16.3. The Morgan fingerprint density at radius 1 is 1.00 bits per heavy atom. The summed E-state index contributed by atoms with van der Waals surface area (Å²) >= 11 is 0. The summed E-state index contributed by atoms with van der Waals surface area (Å²) in [5.74, 6) is -0.337. The van der Waals surface area contributed by atoms with Gasteiger partial charge in [0.1, 0.15) is 17.2 Å². The zero-order chi connectivity index (χ0) is 7.72. The molecule has 3 nitrogen and oxygen atoms in total. The van der Waals surface area contributed by atoms with Crippen LogP contribution >= 0.6 is 0 Å². The third kappa shape index (κ3) is 0.978. The van der Waals surface area contributed by atoms with Gasteiger partial charge in [-0.15, -0.1) is 0 Å². The molecule has 0 saturated carbocycles. The highest BCUT2D eigenvalue weighted by Gasteiger charge is 2.02. The van der Waals surface area contributed by atoms with E-state index in [1.54, 1.807) is 6.92 Å². The molecular weight excluding hydrogens is 135 g/mol. The minimum absolute atomic E-state index is 0.0995. The van der Waals surface area contributed by atoms with Gasteiger partial charge in [0.2, 0.25) is 0 Å². The second-order valence-electron chi connectivity index (χ2n) is 2.11. The molecule has 0 aliphatic carbocycles. The molecular formula is C7H8O3. The zero-order valence-electron chi connectivity index (χ0n) is 5.50. The number of benzene rings is 1. The Kier molecular flexibility index (Phi) is 1.41. The predicted molar refractivity (Wildman–Crippen MR) is 36.2 cm³/mol. The molecule has 0 unspecified atom stereocenters. The molecule has 54 valence electrons. The van der Waals surface area contributed by atoms with E-state index in [2.05, 4.69) is 0 Å². The van der Waals surface area contributed by atoms with Crippen LogP contribution in [0.5, 0.6) is 17.2 Å². The summed E-state index contributed by atoms with van der Waals surface area (Å²) in [6.07, 6.45) is 0. The van der Waals surface area contributed by atoms with E-state index in [1.807, 2.05) is 0 Å². The van der Waals surface area contributed by atoms with Crippen molar-refractivity contribution in [3.8, 4) is 17.2 Å². The Balaban J connectivity index is 3.31. The van der Waals surface area contributed by atoms with Crippen LogP contribution in [0.4, 0.5) is 0 Å². The molecule has 10 heavy (non-hydrogen) atoms. The molecule has 0 aliphatic rings. The van der Waals surface area contributed by atoms with Crippen molar-refractivity contribution in [1.82, 2.24) is 0 Å². The molecule has 0 heterocycles. The lowest BCUT2D eigenvalue weighted by Gasteiger charge is -2.01. The smallest absolute Gasteiger partial charge is 0.125 e. The van der Waals surface area contributed by atoms with E-state index in [0.29, 0.717) is 5.56 Å². The first kappa shape index (κ1) is 6.74. The van der Waals surface area contributed by atoms with Gasteiger partial charge in [0, 0.05) is 17.7 Å². The topological polar surface area (TPSA) is 60.7 Å². The molecule has 0 aromatic heterocycles. The van der Waals surface area contributed by atoms with Crippen LogP contribution in [-0.2, 0) is 0 Å². The molecule has 0 fully saturated rings. The molecule has 0 radical (unpaired) electrons. The van der Waals surface area contributed by atoms with Crippen LogP contribution in [0.3, 0.4) is 0 Å². The van der Waals surface area contributed by atoms with Gasteiger partial charge in [-0.2, -0.15) is 0 Å². The molecule has 0 atom stereocenters. The van der Waals surface area contributed by atoms with Gasteiger partial charge >= 0.3 is 0 Å². The molecule has 1 aromatic rings. The number of hydrogen-bond donors (Lipinski definition) is 3. The Bertz CT molecular complexity index is 232. The van der Waals surface area contributed by atoms with Gasteiger partial charge in [0.25, 0.3) is 0 Å². The van der Waals surface area contributed by atoms with Gasteiger partial charge in [-0.25, -0.2) is 0 Å². The van der Waals surface area contributed by atoms with Crippen LogP contribution in [0, 0.1) is 6.92 Å². The Morgan fingerprint density at radius 3 is 1.80 bits per heavy atom. The van der Waals surface area contributed by atoms with Gasteiger partial charge in [0.15, 0.2) is 0 Å². The van der Waals surface area contributed by atoms with Crippen molar-refractivity contribution in [3.05, 3.63) is 17.7 Å². The van der Waals surface area contributed by atoms with Gasteiger partial charge in [0.05, 0.1) is 0 Å². The largest absolute Gasteiger partial charge is 0.508 e. The van der Waals surface area contributed by atoms with E-state index in [1.165, 1.54) is 12.1 Å². The Hall–Kier alpha value is -1.38. The molecule has 1 aromatic carbocycles. The number of hydrogen-bond acceptors (Lipinski definition) is 3. The lowest BCUT2D eigenvalue weighted by atomic mass is 10.6. The quantitative estimate of drug-likeness (QED) is 0.509. The first-order valence-electron chi connectivity index (χ1n) is 2.83. The van der Waals surface area contributed by atoms with Crippen LogP contribution in [0.15, 0.2) is 12.1 Å². The first-order valence-corrected chi connectivity index (χ1v) is 2.83. The maximum Gasteiger partial charge on any atom is 0.125 e. The molecule has 3 N–H and O–H groups in total. The molecule has 3 heteroatoms. The van der Waals surface area contributed by atoms with Crippen LogP contribution in [0.25, 0.3) is 0 Å². The van der Waals surface area contributed by atoms with Gasteiger partial charge in [-0.1, -0.05) is 0 Å². The molecule has 0 saturated heterocycles. The summed E-state index contributed by atoms with van der Waals surface area (Å²) in [6, 6.07) is 2.35. The van der Waals surface area contributed by atoms with E-state index >= 15 is 0 Å². The summed E-state index contributed by atoms with van der Waals surface area (Å²) in [5, 5.41) is 26.7. The van der Waals surface area contributed by atoms with E-state index in [4.69, 9.17) is 15.3 Å². The predicted octanol–water partition coefficient (Wildman–Crippen LogP) is 1.11. The highest BCUT2D eigenvalue weighted by molar-refractivity contribution is 5.47. The molecule has 0 amide bonds. The van der Waals surface area contributed by atoms with Crippen molar-refractivity contribution in [2.75, 3.05) is 0 Å². The standard InChI is InChI=1S/C7H8O3/c1-4-6(9)2-5(8)3-7(4)10/h2-3,8-10H,1H3/i2+1,3+1,4+1. The van der Waals surface area contributed by atoms with Crippen molar-refractivity contribution in [2.45, 2.75) is 6.92 Å². The fourth-order valence-corrected chi connectivity index (χ4v) is 0.670. The van der Waals surface area contributed by atoms with Gasteiger partial charge in [-0.3, -0.25) is 0 Å². The maximum absolute atomic E-state index is 8.96. The summed E-state index contributed by atoms with van der Waals surface area (Å²) < 4.78 is 0. The summed E-state index contributed by atoms with van der Waals surface area (Å²) in [6.45, 7) is 1.56. The Labute approximate surface area is 58.2 Å². The average Bonchev–Trinajstić information content (AvgIpc) is 1.82. The number of aromatic hydroxyl groups is 3. The third-order valence-electron chi connectivity index (χ3n) is 1.34. The van der Waals surface area contributed by atoms with E-state index in [0.717, 1.165) is 0 Å². The second-order valence-corrected chi connectivity index (χ2v) is 2.11. The highest BCUT2D eigenvalue weighted by Crippen LogP contribution is 2.30. The lowest BCUT2D eigenvalue weighted by molar-refractivity contribution is 0.422. The van der Waals surface area contributed by atoms with Crippen molar-refractivity contribution < 1.29 is 15.3 Å². The van der Waals surface area contributed by atoms with E-state index in [-0.39, 0.29) is 17.2 Å². The number of rotatable bonds is 0. The van der Waals surface area contributed by atoms with Crippen LogP contribution in [-0.4, -0.2) is 15.3 Å². The SMILES string of the molecule is C[13c]1c(O)[13cH]c(O)[13cH]c1O. The average molecular weight is 143 g/mol. The maximum atomic E-state index is 8.96. The summed E-state index contributed by atoms with van der Waals surface area (Å²) in [7, 11) is 0. The second kappa shape index (κ2) is 2.10. The molecule has 0 spiro atoms. The van der Waals surface area contributed by atoms with Crippen molar-refractivity contribution in [3.63, 3.8) is 0 Å². The number of phenolic OH excluding ortho intramolecular Hbond substituents is 3. The Morgan fingerprint density at radius 2 is 1.40 bits per heavy atom. The summed E-state index contributed by atoms with van der Waals surface area (Å²) in [5.41, 5.74) is 0.373. The minimum Gasteiger partial charge on any atom is -0.508 e. The fourth-order valence-electron chi connectivity index (χ4n) is 0.670. The van der Waals surface area contributed by atoms with E-state index in [9.17, 15) is 0 Å². The molecule has 0 aliphatic heterocycles. The van der Waals surface area contributed by atoms with Crippen molar-refractivity contribution in [2.24, 2.45) is 0 Å². The van der Waals surface area contributed by atoms with Crippen molar-refractivity contribution >= 4 is 0 Å². The number of phenols is 3. The first-order chi connectivity index (χ1) is 4.61. The fraction of sp³-hybridized carbons (Fsp3) is 0.143. The van der Waals surface area contributed by atoms with Crippen molar-refractivity contribution in [1.29, 1.82) is 0 Å². The minimum atomic E-state index is -0.138. The normalized spacial score (nSPS) is 9.70. The molecule has 0 bridgehead atoms. The van der Waals surface area contributed by atoms with Crippen LogP contribution < -0.4 is 0 Å². The lowest BCUT2D eigenvalue weighted by Crippen LogP contribution is -1.75. The zero-order valence-corrected chi connectivity index (χ0v) is 5.50. The van der Waals surface area contributed by atoms with Gasteiger partial charge < -0.3 is 15.3 Å². The third-order valence-corrected chi connectivity index (χ3v) is 1.34. The van der Waals surface area contributed by atoms with Crippen LogP contribution in [0.2, 0.25) is 0 Å². The van der Waals surface area contributed by atoms with E-state index < -0.39 is 0 Å². The molecule has 1 rings (SSSR count). The monoisotopic (exact) mass is 143 g/mol. The summed E-state index contributed by atoms with van der Waals surface area (Å²) in [4.78, 5) is 0. The van der Waals surface area contributed by atoms with Crippen LogP contribution in [0.1, 0.15) is 5.56 Å². The van der Waals surface area contributed by atoms with Gasteiger partial charge in [-0.05, 0) is 6.92 Å².